The van der Waals surface area contributed by atoms with Crippen molar-refractivity contribution in [2.75, 3.05) is 32.2 Å². The number of aliphatic carboxylic acids is 1. The second-order valence-electron chi connectivity index (χ2n) is 7.98. The van der Waals surface area contributed by atoms with Crippen molar-refractivity contribution in [3.63, 3.8) is 0 Å². The van der Waals surface area contributed by atoms with Crippen LogP contribution in [0.3, 0.4) is 0 Å². The van der Waals surface area contributed by atoms with E-state index in [1.807, 2.05) is 0 Å². The Morgan fingerprint density at radius 3 is 2.53 bits per heavy atom. The van der Waals surface area contributed by atoms with Gasteiger partial charge in [0.1, 0.15) is 17.3 Å². The number of alkyl halides is 3. The fraction of sp³-hybridized carbons (Fsp3) is 0.429. The van der Waals surface area contributed by atoms with Crippen LogP contribution >= 0.6 is 11.6 Å². The molecule has 1 aliphatic rings. The number of carboxylic acid groups (broad SMARTS) is 1. The van der Waals surface area contributed by atoms with Crippen molar-refractivity contribution in [3.05, 3.63) is 46.4 Å². The van der Waals surface area contributed by atoms with Gasteiger partial charge >= 0.3 is 12.1 Å². The van der Waals surface area contributed by atoms with E-state index in [0.717, 1.165) is 12.3 Å². The topological polar surface area (TPSA) is 123 Å². The van der Waals surface area contributed by atoms with Crippen LogP contribution in [0.25, 0.3) is 0 Å². The number of methoxy groups -OCH3 is 1. The lowest BCUT2D eigenvalue weighted by Gasteiger charge is -2.40. The number of nitrogens with zero attached hydrogens (tertiary/aromatic N) is 2. The number of halogens is 4. The van der Waals surface area contributed by atoms with E-state index in [-0.39, 0.29) is 53.9 Å². The van der Waals surface area contributed by atoms with Gasteiger partial charge in [0.25, 0.3) is 5.91 Å². The highest BCUT2D eigenvalue weighted by Crippen LogP contribution is 2.35. The smallest absolute Gasteiger partial charge is 0.433 e. The highest BCUT2D eigenvalue weighted by Gasteiger charge is 2.41. The Labute approximate surface area is 197 Å². The quantitative estimate of drug-likeness (QED) is 0.476. The van der Waals surface area contributed by atoms with E-state index in [2.05, 4.69) is 20.6 Å². The number of nitrogens with one attached hydrogen (secondary N) is 2. The lowest BCUT2D eigenvalue weighted by Crippen LogP contribution is -2.52. The Morgan fingerprint density at radius 1 is 1.29 bits per heavy atom. The molecular formula is C21H22ClF3N4O5. The molecule has 1 aliphatic heterocycles. The van der Waals surface area contributed by atoms with Gasteiger partial charge in [0.05, 0.1) is 49.6 Å². The van der Waals surface area contributed by atoms with E-state index >= 15 is 0 Å². The summed E-state index contributed by atoms with van der Waals surface area (Å²) in [6.07, 6.45) is -2.52. The number of anilines is 1. The summed E-state index contributed by atoms with van der Waals surface area (Å²) in [6.45, 7) is 2.16. The third kappa shape index (κ3) is 5.86. The first-order valence-electron chi connectivity index (χ1n) is 10.0. The molecule has 0 saturated carbocycles. The van der Waals surface area contributed by atoms with E-state index in [1.54, 1.807) is 6.92 Å². The summed E-state index contributed by atoms with van der Waals surface area (Å²) in [4.78, 5) is 31.0. The number of aromatic nitrogens is 2. The normalized spacial score (nSPS) is 15.7. The van der Waals surface area contributed by atoms with E-state index in [0.29, 0.717) is 0 Å². The fourth-order valence-electron chi connectivity index (χ4n) is 3.42. The SMILES string of the molecule is COc1cnc(C(F)(F)F)cc1[C@H](C)Nc1ncc(C(=O)NCC2(CC(=O)O)COC2)cc1Cl. The van der Waals surface area contributed by atoms with Gasteiger partial charge in [-0.15, -0.1) is 0 Å². The van der Waals surface area contributed by atoms with E-state index in [9.17, 15) is 22.8 Å². The van der Waals surface area contributed by atoms with Gasteiger partial charge < -0.3 is 25.2 Å². The summed E-state index contributed by atoms with van der Waals surface area (Å²) in [5, 5.41) is 14.7. The number of hydrogen-bond acceptors (Lipinski definition) is 7. The summed E-state index contributed by atoms with van der Waals surface area (Å²) in [5.74, 6) is -1.19. The third-order valence-electron chi connectivity index (χ3n) is 5.30. The van der Waals surface area contributed by atoms with Crippen LogP contribution in [0.1, 0.15) is 41.0 Å². The number of carbonyl (C=O) groups excluding carboxylic acids is 1. The van der Waals surface area contributed by atoms with Crippen LogP contribution in [0.5, 0.6) is 5.75 Å². The maximum atomic E-state index is 13.1. The Morgan fingerprint density at radius 2 is 2.00 bits per heavy atom. The molecule has 3 rings (SSSR count). The Hall–Kier alpha value is -3.12. The molecule has 1 saturated heterocycles. The predicted molar refractivity (Wildman–Crippen MR) is 115 cm³/mol. The Bertz CT molecular complexity index is 1080. The largest absolute Gasteiger partial charge is 0.495 e. The predicted octanol–water partition coefficient (Wildman–Crippen LogP) is 3.55. The van der Waals surface area contributed by atoms with Gasteiger partial charge in [-0.25, -0.2) is 9.97 Å². The molecule has 0 radical (unpaired) electrons. The summed E-state index contributed by atoms with van der Waals surface area (Å²) in [5.41, 5.74) is -1.40. The summed E-state index contributed by atoms with van der Waals surface area (Å²) in [7, 11) is 1.31. The first-order chi connectivity index (χ1) is 15.9. The van der Waals surface area contributed by atoms with Crippen molar-refractivity contribution in [2.45, 2.75) is 25.6 Å². The second kappa shape index (κ2) is 10.0. The lowest BCUT2D eigenvalue weighted by molar-refractivity contribution is -0.155. The molecule has 2 aromatic heterocycles. The van der Waals surface area contributed by atoms with Gasteiger partial charge in [-0.1, -0.05) is 11.6 Å². The highest BCUT2D eigenvalue weighted by atomic mass is 35.5. The first-order valence-corrected chi connectivity index (χ1v) is 10.4. The van der Waals surface area contributed by atoms with Crippen molar-refractivity contribution in [1.82, 2.24) is 15.3 Å². The molecule has 1 atom stereocenters. The van der Waals surface area contributed by atoms with Crippen LogP contribution in [-0.2, 0) is 15.7 Å². The molecule has 1 amide bonds. The van der Waals surface area contributed by atoms with Crippen LogP contribution in [0, 0.1) is 5.41 Å². The third-order valence-corrected chi connectivity index (χ3v) is 5.59. The zero-order valence-corrected chi connectivity index (χ0v) is 19.0. The van der Waals surface area contributed by atoms with Crippen molar-refractivity contribution >= 4 is 29.3 Å². The molecule has 34 heavy (non-hydrogen) atoms. The average molecular weight is 503 g/mol. The van der Waals surface area contributed by atoms with Crippen molar-refractivity contribution in [1.29, 1.82) is 0 Å². The Kier molecular flexibility index (Phi) is 7.51. The van der Waals surface area contributed by atoms with Crippen LogP contribution in [-0.4, -0.2) is 53.8 Å². The standard InChI is InChI=1S/C21H22ClF3N4O5/c1-11(13-4-16(21(23,24)25)26-7-15(13)33-2)29-18-14(22)3-12(6-27-18)19(32)28-8-20(5-17(30)31)9-34-10-20/h3-4,6-7,11H,5,8-10H2,1-2H3,(H,27,29)(H,28,32)(H,30,31)/t11-/m0/s1. The molecule has 13 heteroatoms. The minimum absolute atomic E-state index is 0.0656. The molecule has 2 aromatic rings. The molecule has 0 unspecified atom stereocenters. The van der Waals surface area contributed by atoms with Crippen molar-refractivity contribution < 1.29 is 37.3 Å². The lowest BCUT2D eigenvalue weighted by atomic mass is 9.82. The molecule has 3 heterocycles. The monoisotopic (exact) mass is 502 g/mol. The molecule has 0 bridgehead atoms. The van der Waals surface area contributed by atoms with Gasteiger partial charge in [0.2, 0.25) is 0 Å². The minimum Gasteiger partial charge on any atom is -0.495 e. The van der Waals surface area contributed by atoms with Crippen LogP contribution in [0.15, 0.2) is 24.5 Å². The van der Waals surface area contributed by atoms with Crippen LogP contribution in [0.2, 0.25) is 5.02 Å². The van der Waals surface area contributed by atoms with Crippen LogP contribution < -0.4 is 15.4 Å². The average Bonchev–Trinajstić information content (AvgIpc) is 2.75. The summed E-state index contributed by atoms with van der Waals surface area (Å²) in [6, 6.07) is 1.53. The molecule has 9 nitrogen and oxygen atoms in total. The number of carboxylic acids is 1. The highest BCUT2D eigenvalue weighted by molar-refractivity contribution is 6.33. The fourth-order valence-corrected chi connectivity index (χ4v) is 3.64. The second-order valence-corrected chi connectivity index (χ2v) is 8.38. The number of carbonyl (C=O) groups is 2. The maximum Gasteiger partial charge on any atom is 0.433 e. The van der Waals surface area contributed by atoms with Crippen LogP contribution in [0.4, 0.5) is 19.0 Å². The minimum atomic E-state index is -4.62. The number of rotatable bonds is 9. The molecule has 1 fully saturated rings. The first kappa shape index (κ1) is 25.5. The number of amides is 1. The molecule has 0 aliphatic carbocycles. The summed E-state index contributed by atoms with van der Waals surface area (Å²) >= 11 is 6.25. The molecule has 3 N–H and O–H groups in total. The maximum absolute atomic E-state index is 13.1. The summed E-state index contributed by atoms with van der Waals surface area (Å²) < 4.78 is 49.4. The van der Waals surface area contributed by atoms with E-state index in [1.165, 1.54) is 19.4 Å². The van der Waals surface area contributed by atoms with Crippen molar-refractivity contribution in [2.24, 2.45) is 5.41 Å². The number of ether oxygens (including phenoxy) is 2. The van der Waals surface area contributed by atoms with Gasteiger partial charge in [0.15, 0.2) is 0 Å². The van der Waals surface area contributed by atoms with Gasteiger partial charge in [-0.05, 0) is 19.1 Å². The van der Waals surface area contributed by atoms with E-state index < -0.39 is 35.2 Å². The van der Waals surface area contributed by atoms with Crippen molar-refractivity contribution in [3.8, 4) is 5.75 Å². The zero-order valence-electron chi connectivity index (χ0n) is 18.2. The molecule has 184 valence electrons. The van der Waals surface area contributed by atoms with E-state index in [4.69, 9.17) is 26.2 Å². The Balaban J connectivity index is 1.71. The zero-order chi connectivity index (χ0) is 25.1. The number of hydrogen-bond donors (Lipinski definition) is 3. The molecular weight excluding hydrogens is 481 g/mol. The number of pyridine rings is 2. The van der Waals surface area contributed by atoms with Gasteiger partial charge in [-0.3, -0.25) is 9.59 Å². The molecule has 0 spiro atoms. The van der Waals surface area contributed by atoms with Gasteiger partial charge in [-0.2, -0.15) is 13.2 Å². The molecule has 0 aromatic carbocycles. The van der Waals surface area contributed by atoms with Gasteiger partial charge in [0, 0.05) is 23.7 Å².